The van der Waals surface area contributed by atoms with Gasteiger partial charge in [-0.05, 0) is 30.7 Å². The molecule has 0 unspecified atom stereocenters. The fourth-order valence-electron chi connectivity index (χ4n) is 2.02. The van der Waals surface area contributed by atoms with Crippen molar-refractivity contribution in [1.29, 1.82) is 0 Å². The van der Waals surface area contributed by atoms with Gasteiger partial charge in [-0.1, -0.05) is 0 Å². The highest BCUT2D eigenvalue weighted by Crippen LogP contribution is 2.33. The molecule has 104 valence electrons. The summed E-state index contributed by atoms with van der Waals surface area (Å²) >= 11 is 0. The first-order valence-electron chi connectivity index (χ1n) is 5.99. The third-order valence-electron chi connectivity index (χ3n) is 2.88. The van der Waals surface area contributed by atoms with E-state index in [4.69, 9.17) is 14.6 Å². The van der Waals surface area contributed by atoms with Gasteiger partial charge in [-0.15, -0.1) is 0 Å². The molecule has 2 rings (SSSR count). The number of hydrogen-bond acceptors (Lipinski definition) is 4. The second-order valence-electron chi connectivity index (χ2n) is 4.25. The number of methoxy groups -OCH3 is 2. The number of aromatic nitrogens is 1. The first kappa shape index (κ1) is 13.9. The Kier molecular flexibility index (Phi) is 3.89. The minimum absolute atomic E-state index is 0.579. The Labute approximate surface area is 116 Å². The summed E-state index contributed by atoms with van der Waals surface area (Å²) in [5, 5.41) is 9.56. The van der Waals surface area contributed by atoms with Crippen LogP contribution >= 0.6 is 0 Å². The number of ether oxygens (including phenoxy) is 2. The molecule has 0 aliphatic rings. The summed E-state index contributed by atoms with van der Waals surface area (Å²) in [5.41, 5.74) is 2.30. The maximum absolute atomic E-state index is 10.7. The molecule has 0 aliphatic heterocycles. The molecule has 5 nitrogen and oxygen atoms in total. The smallest absolute Gasteiger partial charge is 0.328 e. The van der Waals surface area contributed by atoms with E-state index in [1.54, 1.807) is 32.4 Å². The van der Waals surface area contributed by atoms with Crippen molar-refractivity contribution >= 4 is 22.9 Å². The van der Waals surface area contributed by atoms with Crippen molar-refractivity contribution in [3.63, 3.8) is 0 Å². The van der Waals surface area contributed by atoms with Gasteiger partial charge in [-0.25, -0.2) is 4.79 Å². The maximum Gasteiger partial charge on any atom is 0.328 e. The van der Waals surface area contributed by atoms with Crippen molar-refractivity contribution in [3.05, 3.63) is 35.5 Å². The van der Waals surface area contributed by atoms with Crippen LogP contribution in [-0.4, -0.2) is 30.3 Å². The first-order valence-corrected chi connectivity index (χ1v) is 5.99. The molecule has 1 aromatic heterocycles. The number of hydrogen-bond donors (Lipinski definition) is 1. The van der Waals surface area contributed by atoms with E-state index in [1.165, 1.54) is 0 Å². The summed E-state index contributed by atoms with van der Waals surface area (Å²) in [6.45, 7) is 1.86. The largest absolute Gasteiger partial charge is 0.493 e. The first-order chi connectivity index (χ1) is 9.55. The van der Waals surface area contributed by atoms with Crippen molar-refractivity contribution in [2.75, 3.05) is 14.2 Å². The predicted molar refractivity (Wildman–Crippen MR) is 76.3 cm³/mol. The number of pyridine rings is 1. The SMILES string of the molecule is COc1cc2nc(C)cc(/C=C/C(=O)O)c2cc1OC. The topological polar surface area (TPSA) is 68.7 Å². The zero-order valence-electron chi connectivity index (χ0n) is 11.5. The van der Waals surface area contributed by atoms with Crippen LogP contribution in [0.25, 0.3) is 17.0 Å². The van der Waals surface area contributed by atoms with Crippen molar-refractivity contribution in [1.82, 2.24) is 4.98 Å². The molecule has 0 fully saturated rings. The van der Waals surface area contributed by atoms with Gasteiger partial charge in [0, 0.05) is 23.2 Å². The van der Waals surface area contributed by atoms with Crippen LogP contribution in [0.2, 0.25) is 0 Å². The van der Waals surface area contributed by atoms with Crippen molar-refractivity contribution in [2.45, 2.75) is 6.92 Å². The Morgan fingerprint density at radius 1 is 1.20 bits per heavy atom. The molecule has 20 heavy (non-hydrogen) atoms. The molecule has 0 radical (unpaired) electrons. The Morgan fingerprint density at radius 2 is 1.85 bits per heavy atom. The number of carboxylic acids is 1. The summed E-state index contributed by atoms with van der Waals surface area (Å²) in [7, 11) is 3.11. The lowest BCUT2D eigenvalue weighted by Crippen LogP contribution is -1.94. The Bertz CT molecular complexity index is 692. The van der Waals surface area contributed by atoms with Crippen LogP contribution in [0.15, 0.2) is 24.3 Å². The van der Waals surface area contributed by atoms with E-state index in [0.29, 0.717) is 11.5 Å². The van der Waals surface area contributed by atoms with Gasteiger partial charge < -0.3 is 14.6 Å². The highest BCUT2D eigenvalue weighted by molar-refractivity contribution is 5.94. The monoisotopic (exact) mass is 273 g/mol. The van der Waals surface area contributed by atoms with Crippen LogP contribution in [0.1, 0.15) is 11.3 Å². The van der Waals surface area contributed by atoms with E-state index in [2.05, 4.69) is 4.98 Å². The Morgan fingerprint density at radius 3 is 2.45 bits per heavy atom. The third-order valence-corrected chi connectivity index (χ3v) is 2.88. The molecule has 0 saturated heterocycles. The van der Waals surface area contributed by atoms with E-state index in [-0.39, 0.29) is 0 Å². The second kappa shape index (κ2) is 5.61. The molecule has 0 bridgehead atoms. The third kappa shape index (κ3) is 2.71. The van der Waals surface area contributed by atoms with Crippen LogP contribution in [-0.2, 0) is 4.79 Å². The number of carbonyl (C=O) groups is 1. The van der Waals surface area contributed by atoms with Gasteiger partial charge in [0.25, 0.3) is 0 Å². The van der Waals surface area contributed by atoms with Crippen molar-refractivity contribution in [2.24, 2.45) is 0 Å². The van der Waals surface area contributed by atoms with Gasteiger partial charge >= 0.3 is 5.97 Å². The lowest BCUT2D eigenvalue weighted by Gasteiger charge is -2.11. The minimum atomic E-state index is -0.993. The highest BCUT2D eigenvalue weighted by Gasteiger charge is 2.10. The zero-order valence-corrected chi connectivity index (χ0v) is 11.5. The van der Waals surface area contributed by atoms with Crippen LogP contribution in [0.4, 0.5) is 0 Å². The van der Waals surface area contributed by atoms with Gasteiger partial charge in [0.05, 0.1) is 19.7 Å². The molecule has 1 N–H and O–H groups in total. The molecule has 0 saturated carbocycles. The normalized spacial score (nSPS) is 10.9. The predicted octanol–water partition coefficient (Wildman–Crippen LogP) is 2.66. The van der Waals surface area contributed by atoms with Gasteiger partial charge in [0.15, 0.2) is 11.5 Å². The minimum Gasteiger partial charge on any atom is -0.493 e. The second-order valence-corrected chi connectivity index (χ2v) is 4.25. The molecular weight excluding hydrogens is 258 g/mol. The Hall–Kier alpha value is -2.56. The summed E-state index contributed by atoms with van der Waals surface area (Å²) in [6, 6.07) is 5.40. The number of carboxylic acid groups (broad SMARTS) is 1. The highest BCUT2D eigenvalue weighted by atomic mass is 16.5. The number of benzene rings is 1. The molecule has 2 aromatic rings. The molecule has 0 atom stereocenters. The summed E-state index contributed by atoms with van der Waals surface area (Å²) in [4.78, 5) is 15.1. The summed E-state index contributed by atoms with van der Waals surface area (Å²) < 4.78 is 10.5. The van der Waals surface area contributed by atoms with E-state index < -0.39 is 5.97 Å². The van der Waals surface area contributed by atoms with Crippen molar-refractivity contribution < 1.29 is 19.4 Å². The molecule has 0 aliphatic carbocycles. The molecule has 1 heterocycles. The zero-order chi connectivity index (χ0) is 14.7. The fraction of sp³-hybridized carbons (Fsp3) is 0.200. The average molecular weight is 273 g/mol. The van der Waals surface area contributed by atoms with Gasteiger partial charge in [-0.3, -0.25) is 4.98 Å². The van der Waals surface area contributed by atoms with Gasteiger partial charge in [-0.2, -0.15) is 0 Å². The van der Waals surface area contributed by atoms with Gasteiger partial charge in [0.2, 0.25) is 0 Å². The van der Waals surface area contributed by atoms with E-state index >= 15 is 0 Å². The van der Waals surface area contributed by atoms with Crippen LogP contribution in [0, 0.1) is 6.92 Å². The average Bonchev–Trinajstić information content (AvgIpc) is 2.42. The summed E-state index contributed by atoms with van der Waals surface area (Å²) in [5.74, 6) is 0.176. The van der Waals surface area contributed by atoms with E-state index in [0.717, 1.165) is 28.2 Å². The van der Waals surface area contributed by atoms with Crippen LogP contribution in [0.5, 0.6) is 11.5 Å². The van der Waals surface area contributed by atoms with Gasteiger partial charge in [0.1, 0.15) is 0 Å². The Balaban J connectivity index is 2.71. The van der Waals surface area contributed by atoms with E-state index in [1.807, 2.05) is 13.0 Å². The number of aryl methyl sites for hydroxylation is 1. The number of aliphatic carboxylic acids is 1. The molecular formula is C15H15NO4. The summed E-state index contributed by atoms with van der Waals surface area (Å²) in [6.07, 6.45) is 2.65. The number of fused-ring (bicyclic) bond motifs is 1. The number of nitrogens with zero attached hydrogens (tertiary/aromatic N) is 1. The molecule has 0 spiro atoms. The lowest BCUT2D eigenvalue weighted by molar-refractivity contribution is -0.131. The molecule has 0 amide bonds. The van der Waals surface area contributed by atoms with E-state index in [9.17, 15) is 4.79 Å². The van der Waals surface area contributed by atoms with Crippen LogP contribution < -0.4 is 9.47 Å². The standard InChI is InChI=1S/C15H15NO4/c1-9-6-10(4-5-15(17)18)11-7-13(19-2)14(20-3)8-12(11)16-9/h4-8H,1-3H3,(H,17,18)/b5-4+. The maximum atomic E-state index is 10.7. The lowest BCUT2D eigenvalue weighted by atomic mass is 10.1. The quantitative estimate of drug-likeness (QED) is 0.867. The van der Waals surface area contributed by atoms with Crippen LogP contribution in [0.3, 0.4) is 0 Å². The fourth-order valence-corrected chi connectivity index (χ4v) is 2.02. The van der Waals surface area contributed by atoms with Crippen molar-refractivity contribution in [3.8, 4) is 11.5 Å². The molecule has 1 aromatic carbocycles. The number of rotatable bonds is 4. The molecule has 5 heteroatoms.